The second-order valence-corrected chi connectivity index (χ2v) is 5.18. The van der Waals surface area contributed by atoms with Crippen LogP contribution in [0.4, 0.5) is 0 Å². The molecule has 0 aliphatic carbocycles. The Morgan fingerprint density at radius 2 is 1.38 bits per heavy atom. The van der Waals surface area contributed by atoms with Gasteiger partial charge in [-0.25, -0.2) is 0 Å². The molecule has 0 heterocycles. The van der Waals surface area contributed by atoms with E-state index in [1.165, 1.54) is 0 Å². The van der Waals surface area contributed by atoms with Gasteiger partial charge in [0.1, 0.15) is 0 Å². The number of allylic oxidation sites excluding steroid dienone is 10. The molecule has 24 heavy (non-hydrogen) atoms. The number of esters is 1. The van der Waals surface area contributed by atoms with Crippen LogP contribution in [0.15, 0.2) is 60.8 Å². The van der Waals surface area contributed by atoms with Crippen molar-refractivity contribution in [3.63, 3.8) is 0 Å². The van der Waals surface area contributed by atoms with Crippen LogP contribution in [0.3, 0.4) is 0 Å². The molecule has 0 aliphatic heterocycles. The maximum atomic E-state index is 11.5. The lowest BCUT2D eigenvalue weighted by atomic mass is 10.2. The van der Waals surface area contributed by atoms with E-state index in [-0.39, 0.29) is 6.42 Å². The first-order valence-electron chi connectivity index (χ1n) is 11.2. The number of ether oxygens (including phenoxy) is 1. The highest BCUT2D eigenvalue weighted by atomic mass is 16.5. The first kappa shape index (κ1) is 14.5. The summed E-state index contributed by atoms with van der Waals surface area (Å²) < 4.78 is 39.9. The molecular formula is C22H34O2. The van der Waals surface area contributed by atoms with E-state index in [1.807, 2.05) is 12.2 Å². The smallest absolute Gasteiger partial charge is 0.305 e. The normalized spacial score (nSPS) is 16.8. The van der Waals surface area contributed by atoms with Crippen molar-refractivity contribution >= 4 is 5.97 Å². The van der Waals surface area contributed by atoms with Crippen LogP contribution in [0.5, 0.6) is 0 Å². The van der Waals surface area contributed by atoms with Crippen LogP contribution < -0.4 is 0 Å². The predicted octanol–water partition coefficient (Wildman–Crippen LogP) is 6.47. The van der Waals surface area contributed by atoms with Gasteiger partial charge < -0.3 is 4.74 Å². The van der Waals surface area contributed by atoms with Crippen molar-refractivity contribution in [2.75, 3.05) is 6.56 Å². The van der Waals surface area contributed by atoms with Gasteiger partial charge >= 0.3 is 5.97 Å². The van der Waals surface area contributed by atoms with Crippen molar-refractivity contribution in [2.24, 2.45) is 0 Å². The van der Waals surface area contributed by atoms with E-state index < -0.39 is 19.4 Å². The second kappa shape index (κ2) is 19.2. The first-order valence-corrected chi connectivity index (χ1v) is 8.67. The zero-order chi connectivity index (χ0) is 22.0. The van der Waals surface area contributed by atoms with Gasteiger partial charge in [0.15, 0.2) is 0 Å². The highest BCUT2D eigenvalue weighted by molar-refractivity contribution is 5.69. The Kier molecular flexibility index (Phi) is 11.6. The number of unbranched alkanes of at least 4 members (excludes halogenated alkanes) is 1. The van der Waals surface area contributed by atoms with Crippen molar-refractivity contribution < 1.29 is 16.4 Å². The molecule has 0 N–H and O–H groups in total. The first-order chi connectivity index (χ1) is 13.7. The average molecular weight is 336 g/mol. The number of carbonyl (C=O) groups is 1. The average Bonchev–Trinajstić information content (AvgIpc) is 2.63. The third-order valence-corrected chi connectivity index (χ3v) is 3.07. The second-order valence-electron chi connectivity index (χ2n) is 5.18. The third kappa shape index (κ3) is 18.2. The largest absolute Gasteiger partial charge is 0.466 e. The SMILES string of the molecule is [2H]C([2H])([2H])C([2H])([2H])OC(=O)CCC/C=C/C/C=C/C/C=C/C/C=C/C/C=C/CC. The molecule has 0 spiro atoms. The van der Waals surface area contributed by atoms with Crippen LogP contribution in [-0.4, -0.2) is 12.5 Å². The summed E-state index contributed by atoms with van der Waals surface area (Å²) in [4.78, 5) is 11.5. The van der Waals surface area contributed by atoms with E-state index in [0.29, 0.717) is 12.8 Å². The van der Waals surface area contributed by atoms with Crippen molar-refractivity contribution in [1.82, 2.24) is 0 Å². The fourth-order valence-corrected chi connectivity index (χ4v) is 1.84. The molecule has 0 rings (SSSR count). The molecule has 0 aromatic rings. The van der Waals surface area contributed by atoms with Crippen LogP contribution in [-0.2, 0) is 9.53 Å². The number of hydrogen-bond donors (Lipinski definition) is 0. The summed E-state index contributed by atoms with van der Waals surface area (Å²) in [5.41, 5.74) is 0. The maximum Gasteiger partial charge on any atom is 0.305 e. The van der Waals surface area contributed by atoms with Crippen LogP contribution in [0, 0.1) is 0 Å². The summed E-state index contributed by atoms with van der Waals surface area (Å²) in [5.74, 6) is -0.835. The van der Waals surface area contributed by atoms with E-state index in [1.54, 1.807) is 0 Å². The van der Waals surface area contributed by atoms with Gasteiger partial charge in [0.25, 0.3) is 0 Å². The number of carbonyl (C=O) groups excluding carboxylic acids is 1. The topological polar surface area (TPSA) is 26.3 Å². The molecule has 0 atom stereocenters. The quantitative estimate of drug-likeness (QED) is 0.206. The molecule has 0 bridgehead atoms. The fourth-order valence-electron chi connectivity index (χ4n) is 1.84. The van der Waals surface area contributed by atoms with Crippen LogP contribution in [0.1, 0.15) is 72.0 Å². The van der Waals surface area contributed by atoms with Gasteiger partial charge in [0, 0.05) is 10.5 Å². The lowest BCUT2D eigenvalue weighted by Gasteiger charge is -1.98. The Hall–Kier alpha value is -1.83. The molecule has 0 amide bonds. The Balaban J connectivity index is 3.75. The molecule has 0 radical (unpaired) electrons. The molecule has 0 aliphatic rings. The van der Waals surface area contributed by atoms with Crippen LogP contribution in [0.2, 0.25) is 0 Å². The summed E-state index contributed by atoms with van der Waals surface area (Å²) >= 11 is 0. The molecule has 134 valence electrons. The lowest BCUT2D eigenvalue weighted by Crippen LogP contribution is -2.02. The van der Waals surface area contributed by atoms with Gasteiger partial charge in [-0.1, -0.05) is 67.7 Å². The molecular weight excluding hydrogens is 296 g/mol. The van der Waals surface area contributed by atoms with Gasteiger partial charge in [0.05, 0.1) is 9.30 Å². The van der Waals surface area contributed by atoms with Crippen molar-refractivity contribution in [1.29, 1.82) is 0 Å². The highest BCUT2D eigenvalue weighted by Gasteiger charge is 1.98. The van der Waals surface area contributed by atoms with Crippen molar-refractivity contribution in [2.45, 2.75) is 65.1 Å². The summed E-state index contributed by atoms with van der Waals surface area (Å²) in [6.07, 6.45) is 26.9. The van der Waals surface area contributed by atoms with Crippen LogP contribution in [0.25, 0.3) is 0 Å². The van der Waals surface area contributed by atoms with Gasteiger partial charge in [-0.2, -0.15) is 0 Å². The van der Waals surface area contributed by atoms with Gasteiger partial charge in [-0.05, 0) is 51.8 Å². The number of hydrogen-bond acceptors (Lipinski definition) is 2. The maximum absolute atomic E-state index is 11.5. The Morgan fingerprint density at radius 3 is 1.88 bits per heavy atom. The Bertz CT molecular complexity index is 585. The third-order valence-electron chi connectivity index (χ3n) is 3.07. The summed E-state index contributed by atoms with van der Waals surface area (Å²) in [7, 11) is 0. The van der Waals surface area contributed by atoms with E-state index in [4.69, 9.17) is 6.85 Å². The number of rotatable bonds is 14. The molecule has 0 aromatic heterocycles. The van der Waals surface area contributed by atoms with Gasteiger partial charge in [-0.15, -0.1) is 0 Å². The van der Waals surface area contributed by atoms with Gasteiger partial charge in [-0.3, -0.25) is 4.79 Å². The predicted molar refractivity (Wildman–Crippen MR) is 105 cm³/mol. The summed E-state index contributed by atoms with van der Waals surface area (Å²) in [6.45, 7) is -3.80. The van der Waals surface area contributed by atoms with E-state index in [2.05, 4.69) is 60.3 Å². The molecule has 2 nitrogen and oxygen atoms in total. The highest BCUT2D eigenvalue weighted by Crippen LogP contribution is 2.00. The van der Waals surface area contributed by atoms with E-state index in [0.717, 1.165) is 32.1 Å². The molecule has 0 fully saturated rings. The summed E-state index contributed by atoms with van der Waals surface area (Å²) in [6, 6.07) is 0. The molecule has 2 heteroatoms. The van der Waals surface area contributed by atoms with Gasteiger partial charge in [0.2, 0.25) is 0 Å². The Morgan fingerprint density at radius 1 is 0.875 bits per heavy atom. The fraction of sp³-hybridized carbons (Fsp3) is 0.500. The van der Waals surface area contributed by atoms with E-state index in [9.17, 15) is 4.79 Å². The van der Waals surface area contributed by atoms with Crippen molar-refractivity contribution in [3.05, 3.63) is 60.8 Å². The minimum atomic E-state index is -2.98. The molecule has 0 unspecified atom stereocenters. The zero-order valence-corrected chi connectivity index (χ0v) is 14.7. The Labute approximate surface area is 155 Å². The monoisotopic (exact) mass is 335 g/mol. The molecule has 0 saturated carbocycles. The minimum absolute atomic E-state index is 0.0100. The van der Waals surface area contributed by atoms with E-state index >= 15 is 0 Å². The summed E-state index contributed by atoms with van der Waals surface area (Å²) in [5, 5.41) is 0. The lowest BCUT2D eigenvalue weighted by molar-refractivity contribution is -0.143. The van der Waals surface area contributed by atoms with Crippen molar-refractivity contribution in [3.8, 4) is 0 Å². The molecule has 0 saturated heterocycles. The zero-order valence-electron chi connectivity index (χ0n) is 19.7. The standard InChI is InChI=1S/C22H34O2/c1-3-5-6-7-8-9-10-11-12-13-14-15-16-17-18-19-20-21-22(23)24-4-2/h5-6,8-9,11-12,14-15,17-18H,3-4,7,10,13,16,19-21H2,1-2H3/b6-5+,9-8+,12-11+,15-14+,18-17+/i2D3,4D2. The molecule has 0 aromatic carbocycles. The minimum Gasteiger partial charge on any atom is -0.466 e. The van der Waals surface area contributed by atoms with Crippen LogP contribution >= 0.6 is 0 Å².